The Bertz CT molecular complexity index is 256. The Labute approximate surface area is 114 Å². The first-order chi connectivity index (χ1) is 8.32. The van der Waals surface area contributed by atoms with Crippen molar-refractivity contribution in [2.45, 2.75) is 79.2 Å². The largest absolute Gasteiger partial charge is 0.301 e. The maximum Gasteiger partial charge on any atom is 0.00385 e. The molecule has 2 aliphatic rings. The second-order valence-corrected chi connectivity index (χ2v) is 8.27. The Kier molecular flexibility index (Phi) is 4.11. The van der Waals surface area contributed by atoms with E-state index in [2.05, 4.69) is 39.5 Å². The molecule has 0 aromatic rings. The van der Waals surface area contributed by atoms with Crippen LogP contribution in [0.1, 0.15) is 73.1 Å². The van der Waals surface area contributed by atoms with Gasteiger partial charge in [-0.1, -0.05) is 20.8 Å². The first kappa shape index (κ1) is 14.4. The van der Waals surface area contributed by atoms with Gasteiger partial charge >= 0.3 is 0 Å². The molecule has 1 heteroatoms. The maximum atomic E-state index is 2.67. The second-order valence-electron chi connectivity index (χ2n) is 8.27. The van der Waals surface area contributed by atoms with Gasteiger partial charge in [0.05, 0.1) is 0 Å². The molecule has 1 spiro atoms. The monoisotopic (exact) mass is 251 g/mol. The zero-order chi connectivity index (χ0) is 13.4. The molecule has 1 aliphatic carbocycles. The van der Waals surface area contributed by atoms with Crippen molar-refractivity contribution in [2.24, 2.45) is 16.7 Å². The number of likely N-dealkylation sites (tertiary alicyclic amines) is 1. The van der Waals surface area contributed by atoms with Gasteiger partial charge in [-0.3, -0.25) is 0 Å². The highest BCUT2D eigenvalue weighted by atomic mass is 15.2. The van der Waals surface area contributed by atoms with Crippen molar-refractivity contribution in [1.82, 2.24) is 4.90 Å². The third kappa shape index (κ3) is 3.10. The lowest BCUT2D eigenvalue weighted by atomic mass is 9.61. The lowest BCUT2D eigenvalue weighted by Gasteiger charge is -2.49. The first-order valence-electron chi connectivity index (χ1n) is 8.06. The summed E-state index contributed by atoms with van der Waals surface area (Å²) in [6.45, 7) is 14.7. The van der Waals surface area contributed by atoms with Gasteiger partial charge in [0.1, 0.15) is 0 Å². The van der Waals surface area contributed by atoms with E-state index in [0.29, 0.717) is 5.41 Å². The van der Waals surface area contributed by atoms with Crippen LogP contribution in [0.4, 0.5) is 0 Å². The van der Waals surface area contributed by atoms with Gasteiger partial charge in [-0.25, -0.2) is 0 Å². The van der Waals surface area contributed by atoms with Crippen molar-refractivity contribution >= 4 is 0 Å². The van der Waals surface area contributed by atoms with Crippen LogP contribution in [0.15, 0.2) is 0 Å². The fourth-order valence-electron chi connectivity index (χ4n) is 4.11. The topological polar surface area (TPSA) is 3.24 Å². The predicted molar refractivity (Wildman–Crippen MR) is 79.8 cm³/mol. The fourth-order valence-corrected chi connectivity index (χ4v) is 4.11. The van der Waals surface area contributed by atoms with Crippen LogP contribution in [0.2, 0.25) is 0 Å². The third-order valence-corrected chi connectivity index (χ3v) is 5.86. The van der Waals surface area contributed by atoms with Gasteiger partial charge in [0.2, 0.25) is 0 Å². The minimum Gasteiger partial charge on any atom is -0.301 e. The summed E-state index contributed by atoms with van der Waals surface area (Å²) in [4.78, 5) is 2.67. The number of nitrogens with zero attached hydrogens (tertiary/aromatic N) is 1. The van der Waals surface area contributed by atoms with Gasteiger partial charge in [-0.05, 0) is 82.2 Å². The molecule has 2 rings (SSSR count). The summed E-state index contributed by atoms with van der Waals surface area (Å²) < 4.78 is 0. The van der Waals surface area contributed by atoms with E-state index in [1.54, 1.807) is 0 Å². The molecule has 0 unspecified atom stereocenters. The molecule has 1 saturated heterocycles. The van der Waals surface area contributed by atoms with Gasteiger partial charge < -0.3 is 4.90 Å². The normalized spacial score (nSPS) is 27.0. The Morgan fingerprint density at radius 1 is 0.944 bits per heavy atom. The first-order valence-corrected chi connectivity index (χ1v) is 8.06. The van der Waals surface area contributed by atoms with E-state index in [0.717, 1.165) is 17.4 Å². The zero-order valence-corrected chi connectivity index (χ0v) is 13.3. The van der Waals surface area contributed by atoms with E-state index in [9.17, 15) is 0 Å². The molecule has 0 aromatic heterocycles. The summed E-state index contributed by atoms with van der Waals surface area (Å²) in [6, 6.07) is 0.744. The lowest BCUT2D eigenvalue weighted by Crippen LogP contribution is -2.45. The Morgan fingerprint density at radius 3 is 1.83 bits per heavy atom. The molecule has 0 atom stereocenters. The van der Waals surface area contributed by atoms with Crippen molar-refractivity contribution in [3.8, 4) is 0 Å². The van der Waals surface area contributed by atoms with E-state index in [1.807, 2.05) is 0 Å². The highest BCUT2D eigenvalue weighted by Gasteiger charge is 2.40. The van der Waals surface area contributed by atoms with E-state index < -0.39 is 0 Å². The van der Waals surface area contributed by atoms with Crippen LogP contribution in [0.25, 0.3) is 0 Å². The van der Waals surface area contributed by atoms with E-state index in [-0.39, 0.29) is 0 Å². The van der Waals surface area contributed by atoms with Crippen molar-refractivity contribution in [3.63, 3.8) is 0 Å². The van der Waals surface area contributed by atoms with Crippen LogP contribution in [-0.2, 0) is 0 Å². The predicted octanol–water partition coefficient (Wildman–Crippen LogP) is 4.71. The Hall–Kier alpha value is -0.0400. The minimum atomic E-state index is 0.528. The smallest absolute Gasteiger partial charge is 0.00385 e. The maximum absolute atomic E-state index is 2.67. The highest BCUT2D eigenvalue weighted by molar-refractivity contribution is 4.92. The average molecular weight is 251 g/mol. The van der Waals surface area contributed by atoms with Crippen LogP contribution in [0, 0.1) is 16.7 Å². The standard InChI is InChI=1S/C17H33N/c1-14(2)18-12-10-17(11-13-18)8-6-15(7-9-17)16(3,4)5/h14-15H,6-13H2,1-5H3. The summed E-state index contributed by atoms with van der Waals surface area (Å²) in [5.74, 6) is 0.964. The van der Waals surface area contributed by atoms with Gasteiger partial charge in [0, 0.05) is 6.04 Å². The summed E-state index contributed by atoms with van der Waals surface area (Å²) in [7, 11) is 0. The molecule has 2 fully saturated rings. The lowest BCUT2D eigenvalue weighted by molar-refractivity contribution is 0.0199. The molecule has 1 saturated carbocycles. The second kappa shape index (κ2) is 5.15. The van der Waals surface area contributed by atoms with E-state index in [4.69, 9.17) is 0 Å². The quantitative estimate of drug-likeness (QED) is 0.652. The number of hydrogen-bond donors (Lipinski definition) is 0. The van der Waals surface area contributed by atoms with Gasteiger partial charge in [0.25, 0.3) is 0 Å². The summed E-state index contributed by atoms with van der Waals surface area (Å²) in [5, 5.41) is 0. The van der Waals surface area contributed by atoms with Crippen molar-refractivity contribution in [2.75, 3.05) is 13.1 Å². The van der Waals surface area contributed by atoms with E-state index >= 15 is 0 Å². The van der Waals surface area contributed by atoms with Gasteiger partial charge in [0.15, 0.2) is 0 Å². The number of hydrogen-bond acceptors (Lipinski definition) is 1. The molecule has 0 bridgehead atoms. The van der Waals surface area contributed by atoms with Gasteiger partial charge in [-0.2, -0.15) is 0 Å². The minimum absolute atomic E-state index is 0.528. The Morgan fingerprint density at radius 2 is 1.44 bits per heavy atom. The molecule has 0 N–H and O–H groups in total. The molecule has 1 nitrogen and oxygen atoms in total. The van der Waals surface area contributed by atoms with E-state index in [1.165, 1.54) is 51.6 Å². The Balaban J connectivity index is 1.86. The van der Waals surface area contributed by atoms with Crippen molar-refractivity contribution < 1.29 is 0 Å². The number of rotatable bonds is 1. The SMILES string of the molecule is CC(C)N1CCC2(CCC(C(C)(C)C)CC2)CC1. The van der Waals surface area contributed by atoms with Gasteiger partial charge in [-0.15, -0.1) is 0 Å². The molecule has 18 heavy (non-hydrogen) atoms. The van der Waals surface area contributed by atoms with Crippen LogP contribution in [-0.4, -0.2) is 24.0 Å². The van der Waals surface area contributed by atoms with Crippen LogP contribution < -0.4 is 0 Å². The highest BCUT2D eigenvalue weighted by Crippen LogP contribution is 2.50. The molecule has 1 aliphatic heterocycles. The molecular formula is C17H33N. The summed E-state index contributed by atoms with van der Waals surface area (Å²) in [6.07, 6.45) is 8.88. The third-order valence-electron chi connectivity index (χ3n) is 5.86. The molecule has 0 amide bonds. The summed E-state index contributed by atoms with van der Waals surface area (Å²) in [5.41, 5.74) is 1.26. The molecular weight excluding hydrogens is 218 g/mol. The van der Waals surface area contributed by atoms with Crippen LogP contribution in [0.3, 0.4) is 0 Å². The number of piperidine rings is 1. The van der Waals surface area contributed by atoms with Crippen molar-refractivity contribution in [3.05, 3.63) is 0 Å². The molecule has 106 valence electrons. The molecule has 0 radical (unpaired) electrons. The van der Waals surface area contributed by atoms with Crippen LogP contribution in [0.5, 0.6) is 0 Å². The summed E-state index contributed by atoms with van der Waals surface area (Å²) >= 11 is 0. The average Bonchev–Trinajstić information content (AvgIpc) is 2.29. The zero-order valence-electron chi connectivity index (χ0n) is 13.3. The van der Waals surface area contributed by atoms with Crippen LogP contribution >= 0.6 is 0 Å². The molecule has 0 aromatic carbocycles. The fraction of sp³-hybridized carbons (Fsp3) is 1.00. The van der Waals surface area contributed by atoms with Crippen molar-refractivity contribution in [1.29, 1.82) is 0 Å². The molecule has 1 heterocycles.